The highest BCUT2D eigenvalue weighted by molar-refractivity contribution is 5.82. The SMILES string of the molecule is O=C(CCCC[C@@H](O)c1ccc(-c2cc3ccccc3o2)cc1)NO. The van der Waals surface area contributed by atoms with Gasteiger partial charge in [0.2, 0.25) is 5.91 Å². The molecule has 1 heterocycles. The lowest BCUT2D eigenvalue weighted by atomic mass is 10.0. The second kappa shape index (κ2) is 7.96. The highest BCUT2D eigenvalue weighted by Crippen LogP contribution is 2.29. The van der Waals surface area contributed by atoms with Crippen molar-refractivity contribution in [1.82, 2.24) is 5.48 Å². The Morgan fingerprint density at radius 3 is 2.56 bits per heavy atom. The number of amides is 1. The van der Waals surface area contributed by atoms with E-state index in [0.717, 1.165) is 27.9 Å². The Hall–Kier alpha value is -2.63. The Morgan fingerprint density at radius 1 is 1.08 bits per heavy atom. The van der Waals surface area contributed by atoms with E-state index in [1.807, 2.05) is 54.6 Å². The Kier molecular flexibility index (Phi) is 5.48. The number of benzene rings is 2. The molecule has 0 aliphatic carbocycles. The molecule has 1 amide bonds. The van der Waals surface area contributed by atoms with Crippen molar-refractivity contribution in [3.05, 3.63) is 60.2 Å². The van der Waals surface area contributed by atoms with Crippen LogP contribution in [0.15, 0.2) is 59.0 Å². The normalized spacial score (nSPS) is 12.2. The maximum atomic E-state index is 10.9. The predicted molar refractivity (Wildman–Crippen MR) is 95.0 cm³/mol. The van der Waals surface area contributed by atoms with E-state index in [2.05, 4.69) is 0 Å². The molecule has 0 spiro atoms. The smallest absolute Gasteiger partial charge is 0.243 e. The van der Waals surface area contributed by atoms with Gasteiger partial charge in [0, 0.05) is 17.4 Å². The zero-order valence-electron chi connectivity index (χ0n) is 13.8. The molecule has 5 heteroatoms. The summed E-state index contributed by atoms with van der Waals surface area (Å²) in [4.78, 5) is 10.9. The third-order valence-corrected chi connectivity index (χ3v) is 4.26. The van der Waals surface area contributed by atoms with E-state index in [-0.39, 0.29) is 6.42 Å². The number of carbonyl (C=O) groups is 1. The fraction of sp³-hybridized carbons (Fsp3) is 0.250. The quantitative estimate of drug-likeness (QED) is 0.342. The zero-order valence-corrected chi connectivity index (χ0v) is 13.8. The van der Waals surface area contributed by atoms with Crippen LogP contribution in [0, 0.1) is 0 Å². The predicted octanol–water partition coefficient (Wildman–Crippen LogP) is 4.20. The van der Waals surface area contributed by atoms with Gasteiger partial charge in [0.15, 0.2) is 0 Å². The summed E-state index contributed by atoms with van der Waals surface area (Å²) in [5.41, 5.74) is 4.26. The van der Waals surface area contributed by atoms with Crippen LogP contribution < -0.4 is 5.48 Å². The van der Waals surface area contributed by atoms with E-state index < -0.39 is 12.0 Å². The number of rotatable bonds is 7. The summed E-state index contributed by atoms with van der Waals surface area (Å²) in [5, 5.41) is 19.7. The summed E-state index contributed by atoms with van der Waals surface area (Å²) in [5.74, 6) is 0.405. The second-order valence-corrected chi connectivity index (χ2v) is 6.07. The summed E-state index contributed by atoms with van der Waals surface area (Å²) < 4.78 is 5.85. The number of unbranched alkanes of at least 4 members (excludes halogenated alkanes) is 1. The summed E-state index contributed by atoms with van der Waals surface area (Å²) in [6.07, 6.45) is 1.60. The molecule has 5 nitrogen and oxygen atoms in total. The van der Waals surface area contributed by atoms with E-state index in [9.17, 15) is 9.90 Å². The number of hydrogen-bond donors (Lipinski definition) is 3. The molecule has 3 N–H and O–H groups in total. The van der Waals surface area contributed by atoms with Crippen LogP contribution in [-0.4, -0.2) is 16.2 Å². The number of hydroxylamine groups is 1. The maximum Gasteiger partial charge on any atom is 0.243 e. The standard InChI is InChI=1S/C20H21NO4/c22-17(6-2-4-8-20(23)21-24)14-9-11-15(12-10-14)19-13-16-5-1-3-7-18(16)25-19/h1,3,5,7,9-13,17,22,24H,2,4,6,8H2,(H,21,23)/t17-/m1/s1. The molecule has 0 saturated heterocycles. The number of aliphatic hydroxyl groups is 1. The summed E-state index contributed by atoms with van der Waals surface area (Å²) in [6.45, 7) is 0. The zero-order chi connectivity index (χ0) is 17.6. The summed E-state index contributed by atoms with van der Waals surface area (Å²) >= 11 is 0. The Bertz CT molecular complexity index is 805. The van der Waals surface area contributed by atoms with Crippen LogP contribution >= 0.6 is 0 Å². The summed E-state index contributed by atoms with van der Waals surface area (Å²) in [7, 11) is 0. The third kappa shape index (κ3) is 4.26. The molecule has 0 radical (unpaired) electrons. The average molecular weight is 339 g/mol. The van der Waals surface area contributed by atoms with E-state index in [1.54, 1.807) is 5.48 Å². The van der Waals surface area contributed by atoms with Crippen molar-refractivity contribution in [2.45, 2.75) is 31.8 Å². The average Bonchev–Trinajstić information content (AvgIpc) is 3.09. The van der Waals surface area contributed by atoms with E-state index in [1.165, 1.54) is 0 Å². The molecule has 0 aliphatic heterocycles. The highest BCUT2D eigenvalue weighted by atomic mass is 16.5. The minimum absolute atomic E-state index is 0.258. The molecule has 0 fully saturated rings. The molecule has 0 unspecified atom stereocenters. The molecule has 3 aromatic rings. The monoisotopic (exact) mass is 339 g/mol. The highest BCUT2D eigenvalue weighted by Gasteiger charge is 2.10. The first-order valence-corrected chi connectivity index (χ1v) is 8.37. The number of aliphatic hydroxyl groups excluding tert-OH is 1. The Morgan fingerprint density at radius 2 is 1.84 bits per heavy atom. The van der Waals surface area contributed by atoms with E-state index in [4.69, 9.17) is 9.62 Å². The topological polar surface area (TPSA) is 82.7 Å². The lowest BCUT2D eigenvalue weighted by molar-refractivity contribution is -0.129. The van der Waals surface area contributed by atoms with Gasteiger partial charge >= 0.3 is 0 Å². The Balaban J connectivity index is 1.60. The van der Waals surface area contributed by atoms with Gasteiger partial charge in [-0.2, -0.15) is 0 Å². The number of nitrogens with one attached hydrogen (secondary N) is 1. The number of hydrogen-bond acceptors (Lipinski definition) is 4. The van der Waals surface area contributed by atoms with Crippen molar-refractivity contribution in [2.24, 2.45) is 0 Å². The first kappa shape index (κ1) is 17.2. The molecule has 0 aliphatic rings. The molecule has 130 valence electrons. The molecule has 1 atom stereocenters. The van der Waals surface area contributed by atoms with Crippen LogP contribution in [0.5, 0.6) is 0 Å². The van der Waals surface area contributed by atoms with Gasteiger partial charge in [-0.05, 0) is 30.5 Å². The summed E-state index contributed by atoms with van der Waals surface area (Å²) in [6, 6.07) is 17.6. The first-order chi connectivity index (χ1) is 12.2. The largest absolute Gasteiger partial charge is 0.456 e. The first-order valence-electron chi connectivity index (χ1n) is 8.37. The van der Waals surface area contributed by atoms with Gasteiger partial charge < -0.3 is 9.52 Å². The molecular formula is C20H21NO4. The number of fused-ring (bicyclic) bond motifs is 1. The molecule has 2 aromatic carbocycles. The van der Waals surface area contributed by atoms with Crippen LogP contribution in [0.2, 0.25) is 0 Å². The van der Waals surface area contributed by atoms with Gasteiger partial charge in [-0.3, -0.25) is 10.0 Å². The van der Waals surface area contributed by atoms with Crippen LogP contribution in [0.4, 0.5) is 0 Å². The molecule has 0 saturated carbocycles. The fourth-order valence-electron chi connectivity index (χ4n) is 2.84. The van der Waals surface area contributed by atoms with Crippen molar-refractivity contribution in [2.75, 3.05) is 0 Å². The van der Waals surface area contributed by atoms with Crippen molar-refractivity contribution < 1.29 is 19.5 Å². The van der Waals surface area contributed by atoms with Gasteiger partial charge in [-0.25, -0.2) is 5.48 Å². The van der Waals surface area contributed by atoms with Crippen LogP contribution in [0.25, 0.3) is 22.3 Å². The molecule has 3 rings (SSSR count). The van der Waals surface area contributed by atoms with E-state index in [0.29, 0.717) is 19.3 Å². The maximum absolute atomic E-state index is 10.9. The molecule has 1 aromatic heterocycles. The Labute approximate surface area is 145 Å². The van der Waals surface area contributed by atoms with Crippen molar-refractivity contribution in [3.8, 4) is 11.3 Å². The minimum Gasteiger partial charge on any atom is -0.456 e. The fourth-order valence-corrected chi connectivity index (χ4v) is 2.84. The minimum atomic E-state index is -0.568. The van der Waals surface area contributed by atoms with Crippen LogP contribution in [0.1, 0.15) is 37.4 Å². The number of para-hydroxylation sites is 1. The van der Waals surface area contributed by atoms with Crippen molar-refractivity contribution in [3.63, 3.8) is 0 Å². The van der Waals surface area contributed by atoms with Gasteiger partial charge in [-0.15, -0.1) is 0 Å². The van der Waals surface area contributed by atoms with Gasteiger partial charge in [0.25, 0.3) is 0 Å². The molecule has 0 bridgehead atoms. The van der Waals surface area contributed by atoms with Crippen molar-refractivity contribution in [1.29, 1.82) is 0 Å². The van der Waals surface area contributed by atoms with Crippen molar-refractivity contribution >= 4 is 16.9 Å². The van der Waals surface area contributed by atoms with Gasteiger partial charge in [0.05, 0.1) is 6.10 Å². The molecule has 25 heavy (non-hydrogen) atoms. The van der Waals surface area contributed by atoms with Crippen LogP contribution in [0.3, 0.4) is 0 Å². The van der Waals surface area contributed by atoms with Gasteiger partial charge in [0.1, 0.15) is 11.3 Å². The molecular weight excluding hydrogens is 318 g/mol. The number of carbonyl (C=O) groups excluding carboxylic acids is 1. The lowest BCUT2D eigenvalue weighted by Gasteiger charge is -2.11. The van der Waals surface area contributed by atoms with E-state index >= 15 is 0 Å². The lowest BCUT2D eigenvalue weighted by Crippen LogP contribution is -2.17. The van der Waals surface area contributed by atoms with Crippen LogP contribution in [-0.2, 0) is 4.79 Å². The number of furan rings is 1. The third-order valence-electron chi connectivity index (χ3n) is 4.26. The second-order valence-electron chi connectivity index (χ2n) is 6.07. The van der Waals surface area contributed by atoms with Gasteiger partial charge in [-0.1, -0.05) is 48.9 Å².